The quantitative estimate of drug-likeness (QED) is 0.602. The second kappa shape index (κ2) is 2.89. The third-order valence-electron chi connectivity index (χ3n) is 2.58. The van der Waals surface area contributed by atoms with Crippen molar-refractivity contribution in [3.05, 3.63) is 0 Å². The van der Waals surface area contributed by atoms with Gasteiger partial charge in [-0.2, -0.15) is 0 Å². The van der Waals surface area contributed by atoms with Crippen molar-refractivity contribution in [1.29, 1.82) is 0 Å². The van der Waals surface area contributed by atoms with Crippen LogP contribution in [0.25, 0.3) is 0 Å². The molecular formula is C8H16O2. The van der Waals surface area contributed by atoms with Crippen LogP contribution >= 0.6 is 0 Å². The van der Waals surface area contributed by atoms with Gasteiger partial charge >= 0.3 is 0 Å². The Kier molecular flexibility index (Phi) is 2.32. The molecule has 1 fully saturated rings. The molecule has 2 unspecified atom stereocenters. The lowest BCUT2D eigenvalue weighted by atomic mass is 9.92. The fraction of sp³-hybridized carbons (Fsp3) is 1.00. The average molecular weight is 144 g/mol. The van der Waals surface area contributed by atoms with Crippen LogP contribution in [0, 0.1) is 11.8 Å². The van der Waals surface area contributed by atoms with E-state index in [-0.39, 0.29) is 6.10 Å². The Balaban J connectivity index is 2.53. The summed E-state index contributed by atoms with van der Waals surface area (Å²) in [6.45, 7) is 6.26. The summed E-state index contributed by atoms with van der Waals surface area (Å²) < 4.78 is 5.29. The minimum Gasteiger partial charge on any atom is -0.368 e. The van der Waals surface area contributed by atoms with Gasteiger partial charge in [0.25, 0.3) is 0 Å². The fourth-order valence-corrected chi connectivity index (χ4v) is 1.49. The van der Waals surface area contributed by atoms with Gasteiger partial charge in [0.15, 0.2) is 6.29 Å². The molecule has 0 aromatic rings. The molecule has 1 saturated heterocycles. The lowest BCUT2D eigenvalue weighted by Gasteiger charge is -2.12. The molecule has 0 aromatic carbocycles. The molecule has 0 radical (unpaired) electrons. The first kappa shape index (κ1) is 8.02. The molecule has 0 aromatic heterocycles. The third-order valence-corrected chi connectivity index (χ3v) is 2.58. The van der Waals surface area contributed by atoms with Crippen molar-refractivity contribution in [2.45, 2.75) is 39.6 Å². The van der Waals surface area contributed by atoms with Gasteiger partial charge in [0.2, 0.25) is 0 Å². The molecule has 1 N–H and O–H groups in total. The van der Waals surface area contributed by atoms with Gasteiger partial charge in [-0.1, -0.05) is 20.8 Å². The lowest BCUT2D eigenvalue weighted by molar-refractivity contribution is -0.106. The van der Waals surface area contributed by atoms with E-state index in [4.69, 9.17) is 4.74 Å². The Bertz CT molecular complexity index is 114. The monoisotopic (exact) mass is 144 g/mol. The first-order valence-electron chi connectivity index (χ1n) is 4.00. The highest BCUT2D eigenvalue weighted by Crippen LogP contribution is 2.31. The van der Waals surface area contributed by atoms with Crippen LogP contribution in [0.5, 0.6) is 0 Å². The van der Waals surface area contributed by atoms with Gasteiger partial charge in [-0.15, -0.1) is 0 Å². The van der Waals surface area contributed by atoms with E-state index in [2.05, 4.69) is 13.8 Å². The van der Waals surface area contributed by atoms with E-state index in [9.17, 15) is 5.11 Å². The van der Waals surface area contributed by atoms with Crippen LogP contribution in [0.4, 0.5) is 0 Å². The second-order valence-electron chi connectivity index (χ2n) is 3.19. The molecule has 0 aliphatic carbocycles. The Labute approximate surface area is 62.2 Å². The highest BCUT2D eigenvalue weighted by Gasteiger charge is 2.36. The Morgan fingerprint density at radius 2 is 1.90 bits per heavy atom. The van der Waals surface area contributed by atoms with Crippen LogP contribution < -0.4 is 0 Å². The Morgan fingerprint density at radius 3 is 2.10 bits per heavy atom. The summed E-state index contributed by atoms with van der Waals surface area (Å²) in [5.74, 6) is 0.796. The highest BCUT2D eigenvalue weighted by atomic mass is 16.6. The van der Waals surface area contributed by atoms with Crippen molar-refractivity contribution in [3.8, 4) is 0 Å². The Morgan fingerprint density at radius 1 is 1.30 bits per heavy atom. The summed E-state index contributed by atoms with van der Waals surface area (Å²) in [6, 6.07) is 0. The van der Waals surface area contributed by atoms with Crippen molar-refractivity contribution in [2.24, 2.45) is 11.8 Å². The molecule has 60 valence electrons. The maximum Gasteiger partial charge on any atom is 0.157 e. The molecule has 1 aliphatic rings. The summed E-state index contributed by atoms with van der Waals surface area (Å²) in [6.07, 6.45) is 0.743. The molecule has 10 heavy (non-hydrogen) atoms. The number of ether oxygens (including phenoxy) is 1. The van der Waals surface area contributed by atoms with Crippen molar-refractivity contribution in [1.82, 2.24) is 0 Å². The largest absolute Gasteiger partial charge is 0.368 e. The van der Waals surface area contributed by atoms with Gasteiger partial charge in [0.1, 0.15) is 0 Å². The summed E-state index contributed by atoms with van der Waals surface area (Å²) in [4.78, 5) is 0. The van der Waals surface area contributed by atoms with Gasteiger partial charge < -0.3 is 9.84 Å². The Hall–Kier alpha value is -0.0800. The number of hydrogen-bond donors (Lipinski definition) is 1. The number of aliphatic hydroxyl groups is 1. The molecule has 1 aliphatic heterocycles. The standard InChI is InChI=1S/C8H16O2/c1-4-7-5(2)6(3)8(9)10-7/h5-9H,4H2,1-3H3/t5-,6?,7+,8?/m1/s1. The molecule has 1 rings (SSSR count). The summed E-state index contributed by atoms with van der Waals surface area (Å²) in [7, 11) is 0. The molecule has 0 amide bonds. The van der Waals surface area contributed by atoms with Crippen molar-refractivity contribution >= 4 is 0 Å². The van der Waals surface area contributed by atoms with E-state index in [1.807, 2.05) is 6.92 Å². The van der Waals surface area contributed by atoms with E-state index >= 15 is 0 Å². The zero-order valence-electron chi connectivity index (χ0n) is 6.87. The predicted molar refractivity (Wildman–Crippen MR) is 39.5 cm³/mol. The summed E-state index contributed by atoms with van der Waals surface area (Å²) in [5, 5.41) is 9.25. The molecule has 2 heteroatoms. The van der Waals surface area contributed by atoms with Crippen LogP contribution in [-0.2, 0) is 4.74 Å². The van der Waals surface area contributed by atoms with E-state index in [0.717, 1.165) is 6.42 Å². The third kappa shape index (κ3) is 1.18. The van der Waals surface area contributed by atoms with E-state index in [1.165, 1.54) is 0 Å². The van der Waals surface area contributed by atoms with Crippen molar-refractivity contribution < 1.29 is 9.84 Å². The molecule has 2 nitrogen and oxygen atoms in total. The van der Waals surface area contributed by atoms with E-state index in [1.54, 1.807) is 0 Å². The molecule has 0 spiro atoms. The average Bonchev–Trinajstić information content (AvgIpc) is 2.17. The smallest absolute Gasteiger partial charge is 0.157 e. The SMILES string of the molecule is CC[C@@H]1OC(O)C(C)[C@H]1C. The van der Waals surface area contributed by atoms with Gasteiger partial charge in [0, 0.05) is 5.92 Å². The maximum absolute atomic E-state index is 9.25. The first-order chi connectivity index (χ1) is 4.66. The lowest BCUT2D eigenvalue weighted by Crippen LogP contribution is -2.15. The van der Waals surface area contributed by atoms with Crippen LogP contribution in [-0.4, -0.2) is 17.5 Å². The van der Waals surface area contributed by atoms with Gasteiger partial charge in [-0.3, -0.25) is 0 Å². The van der Waals surface area contributed by atoms with Crippen LogP contribution in [0.2, 0.25) is 0 Å². The van der Waals surface area contributed by atoms with Crippen LogP contribution in [0.1, 0.15) is 27.2 Å². The zero-order valence-corrected chi connectivity index (χ0v) is 6.87. The highest BCUT2D eigenvalue weighted by molar-refractivity contribution is 4.79. The van der Waals surface area contributed by atoms with Gasteiger partial charge in [0.05, 0.1) is 6.10 Å². The maximum atomic E-state index is 9.25. The molecule has 0 saturated carbocycles. The van der Waals surface area contributed by atoms with Crippen molar-refractivity contribution in [2.75, 3.05) is 0 Å². The molecule has 1 heterocycles. The molecular weight excluding hydrogens is 128 g/mol. The number of rotatable bonds is 1. The first-order valence-corrected chi connectivity index (χ1v) is 4.00. The van der Waals surface area contributed by atoms with Crippen LogP contribution in [0.3, 0.4) is 0 Å². The van der Waals surface area contributed by atoms with Gasteiger partial charge in [-0.05, 0) is 12.3 Å². The second-order valence-corrected chi connectivity index (χ2v) is 3.19. The fourth-order valence-electron chi connectivity index (χ4n) is 1.49. The molecule has 4 atom stereocenters. The predicted octanol–water partition coefficient (Wildman–Crippen LogP) is 1.39. The summed E-state index contributed by atoms with van der Waals surface area (Å²) >= 11 is 0. The topological polar surface area (TPSA) is 29.5 Å². The minimum absolute atomic E-state index is 0.269. The summed E-state index contributed by atoms with van der Waals surface area (Å²) in [5.41, 5.74) is 0. The van der Waals surface area contributed by atoms with E-state index < -0.39 is 6.29 Å². The number of aliphatic hydroxyl groups excluding tert-OH is 1. The van der Waals surface area contributed by atoms with Gasteiger partial charge in [-0.25, -0.2) is 0 Å². The van der Waals surface area contributed by atoms with E-state index in [0.29, 0.717) is 11.8 Å². The van der Waals surface area contributed by atoms with Crippen molar-refractivity contribution in [3.63, 3.8) is 0 Å². The van der Waals surface area contributed by atoms with Crippen LogP contribution in [0.15, 0.2) is 0 Å². The zero-order chi connectivity index (χ0) is 7.72. The molecule has 0 bridgehead atoms. The minimum atomic E-state index is -0.528. The number of hydrogen-bond acceptors (Lipinski definition) is 2. The normalized spacial score (nSPS) is 48.0.